The van der Waals surface area contributed by atoms with Crippen LogP contribution in [0, 0.1) is 46.6 Å². The normalized spacial score (nSPS) is 38.4. The van der Waals surface area contributed by atoms with Gasteiger partial charge in [-0.3, -0.25) is 4.79 Å². The monoisotopic (exact) mass is 453 g/mol. The molecule has 1 N–H and O–H groups in total. The van der Waals surface area contributed by atoms with Crippen LogP contribution in [0.5, 0.6) is 0 Å². The van der Waals surface area contributed by atoms with Crippen molar-refractivity contribution in [3.63, 3.8) is 0 Å². The summed E-state index contributed by atoms with van der Waals surface area (Å²) in [6, 6.07) is 2.03. The number of hydrogen-bond donors (Lipinski definition) is 1. The van der Waals surface area contributed by atoms with E-state index in [9.17, 15) is 26.7 Å². The number of halogens is 5. The Hall–Kier alpha value is -2.19. The average molecular weight is 453 g/mol. The molecular weight excluding hydrogens is 429 g/mol. The minimum absolute atomic E-state index is 0.00405. The number of hydrogen-bond acceptors (Lipinski definition) is 2. The number of amides is 1. The number of imidazole rings is 1. The minimum atomic E-state index is -4.19. The Morgan fingerprint density at radius 2 is 1.81 bits per heavy atom. The summed E-state index contributed by atoms with van der Waals surface area (Å²) in [5.74, 6) is -1.30. The molecule has 0 aliphatic heterocycles. The Morgan fingerprint density at radius 1 is 1.16 bits per heavy atom. The lowest BCUT2D eigenvalue weighted by Gasteiger charge is -2.39. The van der Waals surface area contributed by atoms with Gasteiger partial charge in [0.25, 0.3) is 0 Å². The quantitative estimate of drug-likeness (QED) is 0.663. The lowest BCUT2D eigenvalue weighted by Crippen LogP contribution is -2.43. The Morgan fingerprint density at radius 3 is 2.44 bits per heavy atom. The van der Waals surface area contributed by atoms with Crippen LogP contribution < -0.4 is 5.32 Å². The van der Waals surface area contributed by atoms with Gasteiger partial charge in [-0.15, -0.1) is 0 Å². The van der Waals surface area contributed by atoms with Crippen molar-refractivity contribution in [3.8, 4) is 0 Å². The second-order valence-electron chi connectivity index (χ2n) is 10.5. The van der Waals surface area contributed by atoms with Gasteiger partial charge in [0.15, 0.2) is 11.6 Å². The molecular formula is C23H24F5N3O. The molecule has 4 unspecified atom stereocenters. The van der Waals surface area contributed by atoms with E-state index in [1.54, 1.807) is 6.33 Å². The third-order valence-electron chi connectivity index (χ3n) is 8.90. The van der Waals surface area contributed by atoms with Crippen LogP contribution in [0.15, 0.2) is 18.5 Å². The molecule has 7 rings (SSSR count). The summed E-state index contributed by atoms with van der Waals surface area (Å²) in [5.41, 5.74) is -0.602. The van der Waals surface area contributed by atoms with Crippen molar-refractivity contribution in [2.24, 2.45) is 35.0 Å². The molecule has 5 fully saturated rings. The van der Waals surface area contributed by atoms with Crippen LogP contribution in [0.3, 0.4) is 0 Å². The van der Waals surface area contributed by atoms with E-state index < -0.39 is 23.2 Å². The summed E-state index contributed by atoms with van der Waals surface area (Å²) in [4.78, 5) is 17.0. The molecule has 32 heavy (non-hydrogen) atoms. The van der Waals surface area contributed by atoms with Crippen molar-refractivity contribution in [1.29, 1.82) is 0 Å². The molecule has 1 aromatic heterocycles. The summed E-state index contributed by atoms with van der Waals surface area (Å²) in [6.45, 7) is 1.87. The molecule has 1 heterocycles. The van der Waals surface area contributed by atoms with Crippen LogP contribution in [-0.2, 0) is 4.79 Å². The van der Waals surface area contributed by atoms with E-state index in [1.807, 2.05) is 11.5 Å². The van der Waals surface area contributed by atoms with Gasteiger partial charge in [0.1, 0.15) is 0 Å². The van der Waals surface area contributed by atoms with Crippen molar-refractivity contribution in [1.82, 2.24) is 14.9 Å². The number of nitrogens with one attached hydrogen (secondary N) is 1. The average Bonchev–Trinajstić information content (AvgIpc) is 3.17. The second kappa shape index (κ2) is 6.44. The summed E-state index contributed by atoms with van der Waals surface area (Å²) in [7, 11) is 0. The third kappa shape index (κ3) is 2.78. The highest BCUT2D eigenvalue weighted by molar-refractivity contribution is 5.79. The first-order chi connectivity index (χ1) is 15.1. The standard InChI is InChI=1S/C23H24F5N3O/c1-10(21(32)30-18-8-22(23(26,27)28)6-11(18)7-22)20-13-2-12(3-14(13)20)31-9-29-17-4-15(24)16(25)5-19(17)31/h4-5,9-14,18,20H,2-3,6-8H2,1H3,(H,30,32)/t10?,11?,12?,13-,14+,18?,20?,22?. The third-order valence-corrected chi connectivity index (χ3v) is 8.90. The molecule has 2 bridgehead atoms. The molecule has 1 amide bonds. The van der Waals surface area contributed by atoms with E-state index in [-0.39, 0.29) is 55.0 Å². The predicted octanol–water partition coefficient (Wildman–Crippen LogP) is 4.99. The van der Waals surface area contributed by atoms with E-state index in [0.717, 1.165) is 18.9 Å². The van der Waals surface area contributed by atoms with Gasteiger partial charge in [0.2, 0.25) is 5.91 Å². The lowest BCUT2D eigenvalue weighted by atomic mass is 9.69. The van der Waals surface area contributed by atoms with Crippen LogP contribution in [0.25, 0.3) is 11.0 Å². The first-order valence-corrected chi connectivity index (χ1v) is 11.3. The number of carbonyl (C=O) groups is 1. The second-order valence-corrected chi connectivity index (χ2v) is 10.5. The summed E-state index contributed by atoms with van der Waals surface area (Å²) in [5, 5.41) is 2.92. The van der Waals surface area contributed by atoms with Gasteiger partial charge < -0.3 is 9.88 Å². The molecule has 5 saturated carbocycles. The highest BCUT2D eigenvalue weighted by atomic mass is 19.4. The van der Waals surface area contributed by atoms with Gasteiger partial charge in [-0.2, -0.15) is 13.2 Å². The predicted molar refractivity (Wildman–Crippen MR) is 105 cm³/mol. The first-order valence-electron chi connectivity index (χ1n) is 11.3. The molecule has 0 radical (unpaired) electrons. The minimum Gasteiger partial charge on any atom is -0.353 e. The molecule has 9 heteroatoms. The SMILES string of the molecule is CC(C(=O)NC1CC2(C(F)(F)F)CC1C2)C1[C@H]2CC(n3cnc4cc(F)c(F)cc43)C[C@@H]12. The zero-order chi connectivity index (χ0) is 22.6. The highest BCUT2D eigenvalue weighted by Gasteiger charge is 2.69. The molecule has 4 nitrogen and oxygen atoms in total. The maximum atomic E-state index is 13.7. The Balaban J connectivity index is 1.08. The van der Waals surface area contributed by atoms with Crippen molar-refractivity contribution in [2.75, 3.05) is 0 Å². The molecule has 6 atom stereocenters. The fraction of sp³-hybridized carbons (Fsp3) is 0.652. The molecule has 5 aliphatic rings. The zero-order valence-electron chi connectivity index (χ0n) is 17.5. The highest BCUT2D eigenvalue weighted by Crippen LogP contribution is 2.66. The van der Waals surface area contributed by atoms with Crippen LogP contribution >= 0.6 is 0 Å². The van der Waals surface area contributed by atoms with E-state index in [2.05, 4.69) is 10.3 Å². The Labute approximate surface area is 181 Å². The smallest absolute Gasteiger partial charge is 0.353 e. The van der Waals surface area contributed by atoms with Crippen LogP contribution in [0.4, 0.5) is 22.0 Å². The number of aromatic nitrogens is 2. The molecule has 2 aromatic rings. The van der Waals surface area contributed by atoms with E-state index in [1.165, 1.54) is 6.07 Å². The van der Waals surface area contributed by atoms with Crippen molar-refractivity contribution in [3.05, 3.63) is 30.1 Å². The number of nitrogens with zero attached hydrogens (tertiary/aromatic N) is 2. The van der Waals surface area contributed by atoms with Gasteiger partial charge in [-0.25, -0.2) is 13.8 Å². The summed E-state index contributed by atoms with van der Waals surface area (Å²) < 4.78 is 68.9. The topological polar surface area (TPSA) is 46.9 Å². The van der Waals surface area contributed by atoms with Gasteiger partial charge in [-0.1, -0.05) is 6.92 Å². The van der Waals surface area contributed by atoms with Crippen LogP contribution in [-0.4, -0.2) is 27.7 Å². The zero-order valence-corrected chi connectivity index (χ0v) is 17.5. The van der Waals surface area contributed by atoms with Gasteiger partial charge in [-0.05, 0) is 55.8 Å². The summed E-state index contributed by atoms with van der Waals surface area (Å²) >= 11 is 0. The molecule has 0 saturated heterocycles. The van der Waals surface area contributed by atoms with Crippen LogP contribution in [0.2, 0.25) is 0 Å². The maximum Gasteiger partial charge on any atom is 0.394 e. The number of benzene rings is 1. The van der Waals surface area contributed by atoms with E-state index >= 15 is 0 Å². The fourth-order valence-corrected chi connectivity index (χ4v) is 7.13. The van der Waals surface area contributed by atoms with Gasteiger partial charge in [0, 0.05) is 30.1 Å². The Bertz CT molecular complexity index is 1090. The van der Waals surface area contributed by atoms with Crippen molar-refractivity contribution in [2.45, 2.75) is 57.3 Å². The molecule has 172 valence electrons. The number of rotatable bonds is 4. The number of alkyl halides is 3. The maximum absolute atomic E-state index is 13.7. The first kappa shape index (κ1) is 20.4. The van der Waals surface area contributed by atoms with E-state index in [0.29, 0.717) is 22.9 Å². The number of fused-ring (bicyclic) bond motifs is 3. The van der Waals surface area contributed by atoms with Crippen molar-refractivity contribution >= 4 is 16.9 Å². The van der Waals surface area contributed by atoms with Gasteiger partial charge in [0.05, 0.1) is 22.8 Å². The van der Waals surface area contributed by atoms with Gasteiger partial charge >= 0.3 is 6.18 Å². The largest absolute Gasteiger partial charge is 0.394 e. The van der Waals surface area contributed by atoms with Crippen LogP contribution in [0.1, 0.15) is 45.1 Å². The fourth-order valence-electron chi connectivity index (χ4n) is 7.13. The lowest BCUT2D eigenvalue weighted by molar-refractivity contribution is -0.244. The molecule has 1 aromatic carbocycles. The van der Waals surface area contributed by atoms with Crippen molar-refractivity contribution < 1.29 is 26.7 Å². The molecule has 0 spiro atoms. The molecule has 5 aliphatic carbocycles. The number of carbonyl (C=O) groups excluding carboxylic acids is 1. The van der Waals surface area contributed by atoms with E-state index in [4.69, 9.17) is 0 Å². The Kier molecular flexibility index (Phi) is 4.11. The summed E-state index contributed by atoms with van der Waals surface area (Å²) in [6.07, 6.45) is -0.632.